The zero-order valence-electron chi connectivity index (χ0n) is 18.1. The SMILES string of the molecule is CC(C)c1cc(F)cc2c1c(C(=O)c1cccc3ccccc13)c1n2CCC1CC(=O)O. The van der Waals surface area contributed by atoms with Gasteiger partial charge in [-0.05, 0) is 40.8 Å². The van der Waals surface area contributed by atoms with E-state index in [1.54, 1.807) is 0 Å². The van der Waals surface area contributed by atoms with Crippen molar-refractivity contribution in [1.82, 2.24) is 4.57 Å². The molecule has 2 heterocycles. The first-order valence-corrected chi connectivity index (χ1v) is 11.0. The summed E-state index contributed by atoms with van der Waals surface area (Å²) in [6.45, 7) is 4.55. The van der Waals surface area contributed by atoms with Gasteiger partial charge in [0.2, 0.25) is 0 Å². The summed E-state index contributed by atoms with van der Waals surface area (Å²) in [5.74, 6) is -1.64. The number of aryl methyl sites for hydroxylation is 1. The Labute approximate surface area is 185 Å². The third-order valence-electron chi connectivity index (χ3n) is 6.59. The maximum Gasteiger partial charge on any atom is 0.304 e. The molecule has 0 saturated carbocycles. The fraction of sp³-hybridized carbons (Fsp3) is 0.259. The molecule has 0 saturated heterocycles. The molecule has 32 heavy (non-hydrogen) atoms. The largest absolute Gasteiger partial charge is 0.481 e. The summed E-state index contributed by atoms with van der Waals surface area (Å²) in [6, 6.07) is 16.4. The van der Waals surface area contributed by atoms with Crippen LogP contribution in [0.4, 0.5) is 4.39 Å². The summed E-state index contributed by atoms with van der Waals surface area (Å²) in [5, 5.41) is 12.1. The van der Waals surface area contributed by atoms with Gasteiger partial charge in [0.1, 0.15) is 5.82 Å². The first-order chi connectivity index (χ1) is 15.4. The van der Waals surface area contributed by atoms with Crippen LogP contribution in [-0.2, 0) is 11.3 Å². The average Bonchev–Trinajstić information content (AvgIpc) is 3.30. The van der Waals surface area contributed by atoms with Gasteiger partial charge in [-0.3, -0.25) is 9.59 Å². The molecule has 3 aromatic carbocycles. The normalized spacial score (nSPS) is 15.6. The molecule has 4 aromatic rings. The summed E-state index contributed by atoms with van der Waals surface area (Å²) < 4.78 is 16.6. The lowest BCUT2D eigenvalue weighted by atomic mass is 9.87. The van der Waals surface area contributed by atoms with Crippen molar-refractivity contribution in [3.05, 3.63) is 82.8 Å². The van der Waals surface area contributed by atoms with E-state index in [9.17, 15) is 19.1 Å². The van der Waals surface area contributed by atoms with E-state index >= 15 is 0 Å². The second kappa shape index (κ2) is 7.59. The number of carbonyl (C=O) groups is 2. The zero-order valence-corrected chi connectivity index (χ0v) is 18.1. The molecule has 0 spiro atoms. The molecule has 0 amide bonds. The standard InChI is InChI=1S/C27H24FNO3/c1-15(2)21-13-18(28)14-22-24(21)25(26-17(12-23(30)31)10-11-29(22)26)27(32)20-9-5-7-16-6-3-4-8-19(16)20/h3-9,13-15,17H,10-12H2,1-2H3,(H,30,31). The van der Waals surface area contributed by atoms with E-state index in [1.165, 1.54) is 12.1 Å². The summed E-state index contributed by atoms with van der Waals surface area (Å²) in [4.78, 5) is 25.7. The number of aliphatic carboxylic acids is 1. The van der Waals surface area contributed by atoms with Crippen molar-refractivity contribution in [2.75, 3.05) is 0 Å². The number of rotatable bonds is 5. The minimum Gasteiger partial charge on any atom is -0.481 e. The van der Waals surface area contributed by atoms with Crippen LogP contribution in [0.5, 0.6) is 0 Å². The van der Waals surface area contributed by atoms with E-state index in [0.29, 0.717) is 29.6 Å². The number of hydrogen-bond acceptors (Lipinski definition) is 2. The van der Waals surface area contributed by atoms with Gasteiger partial charge in [-0.15, -0.1) is 0 Å². The molecule has 0 bridgehead atoms. The Balaban J connectivity index is 1.85. The lowest BCUT2D eigenvalue weighted by molar-refractivity contribution is -0.137. The second-order valence-electron chi connectivity index (χ2n) is 8.90. The number of carboxylic acids is 1. The molecular formula is C27H24FNO3. The third-order valence-corrected chi connectivity index (χ3v) is 6.59. The van der Waals surface area contributed by atoms with E-state index in [-0.39, 0.29) is 29.9 Å². The maximum absolute atomic E-state index is 14.6. The number of aromatic nitrogens is 1. The number of hydrogen-bond donors (Lipinski definition) is 1. The molecule has 5 rings (SSSR count). The van der Waals surface area contributed by atoms with Crippen molar-refractivity contribution in [3.63, 3.8) is 0 Å². The molecule has 0 aliphatic carbocycles. The van der Waals surface area contributed by atoms with Crippen LogP contribution in [0.1, 0.15) is 65.7 Å². The molecule has 1 unspecified atom stereocenters. The maximum atomic E-state index is 14.6. The Morgan fingerprint density at radius 2 is 1.88 bits per heavy atom. The lowest BCUT2D eigenvalue weighted by Gasteiger charge is -2.14. The van der Waals surface area contributed by atoms with Crippen LogP contribution in [0, 0.1) is 5.82 Å². The summed E-state index contributed by atoms with van der Waals surface area (Å²) in [7, 11) is 0. The smallest absolute Gasteiger partial charge is 0.304 e. The summed E-state index contributed by atoms with van der Waals surface area (Å²) in [6.07, 6.45) is 0.576. The predicted molar refractivity (Wildman–Crippen MR) is 123 cm³/mol. The monoisotopic (exact) mass is 429 g/mol. The number of halogens is 1. The Bertz CT molecular complexity index is 1390. The zero-order chi connectivity index (χ0) is 22.6. The summed E-state index contributed by atoms with van der Waals surface area (Å²) >= 11 is 0. The van der Waals surface area contributed by atoms with Crippen LogP contribution >= 0.6 is 0 Å². The molecule has 0 radical (unpaired) electrons. The van der Waals surface area contributed by atoms with Crippen molar-refractivity contribution < 1.29 is 19.1 Å². The van der Waals surface area contributed by atoms with E-state index in [4.69, 9.17) is 0 Å². The topological polar surface area (TPSA) is 59.3 Å². The van der Waals surface area contributed by atoms with Gasteiger partial charge >= 0.3 is 5.97 Å². The highest BCUT2D eigenvalue weighted by Gasteiger charge is 2.35. The van der Waals surface area contributed by atoms with Crippen LogP contribution in [0.25, 0.3) is 21.7 Å². The van der Waals surface area contributed by atoms with Gasteiger partial charge in [0.05, 0.1) is 17.5 Å². The number of carboxylic acid groups (broad SMARTS) is 1. The van der Waals surface area contributed by atoms with Gasteiger partial charge < -0.3 is 9.67 Å². The van der Waals surface area contributed by atoms with Crippen molar-refractivity contribution in [3.8, 4) is 0 Å². The van der Waals surface area contributed by atoms with Gasteiger partial charge in [0, 0.05) is 29.1 Å². The highest BCUT2D eigenvalue weighted by molar-refractivity contribution is 6.23. The van der Waals surface area contributed by atoms with Crippen LogP contribution in [0.2, 0.25) is 0 Å². The second-order valence-corrected chi connectivity index (χ2v) is 8.90. The van der Waals surface area contributed by atoms with Gasteiger partial charge in [-0.1, -0.05) is 56.3 Å². The molecule has 4 nitrogen and oxygen atoms in total. The quantitative estimate of drug-likeness (QED) is 0.382. The minimum atomic E-state index is -0.896. The van der Waals surface area contributed by atoms with Crippen LogP contribution in [0.3, 0.4) is 0 Å². The lowest BCUT2D eigenvalue weighted by Crippen LogP contribution is -2.10. The Morgan fingerprint density at radius 1 is 1.12 bits per heavy atom. The van der Waals surface area contributed by atoms with Gasteiger partial charge in [0.15, 0.2) is 5.78 Å². The summed E-state index contributed by atoms with van der Waals surface area (Å²) in [5.41, 5.74) is 3.30. The molecule has 1 N–H and O–H groups in total. The Kier molecular flexibility index (Phi) is 4.85. The van der Waals surface area contributed by atoms with Gasteiger partial charge in [0.25, 0.3) is 0 Å². The van der Waals surface area contributed by atoms with Crippen LogP contribution in [0.15, 0.2) is 54.6 Å². The first kappa shape index (κ1) is 20.4. The molecule has 1 aliphatic rings. The van der Waals surface area contributed by atoms with E-state index in [1.807, 2.05) is 60.9 Å². The van der Waals surface area contributed by atoms with Gasteiger partial charge in [-0.25, -0.2) is 4.39 Å². The van der Waals surface area contributed by atoms with Crippen LogP contribution < -0.4 is 0 Å². The van der Waals surface area contributed by atoms with E-state index < -0.39 is 5.97 Å². The fourth-order valence-electron chi connectivity index (χ4n) is 5.23. The number of fused-ring (bicyclic) bond motifs is 4. The predicted octanol–water partition coefficient (Wildman–Crippen LogP) is 6.25. The molecule has 5 heteroatoms. The number of nitrogens with zero attached hydrogens (tertiary/aromatic N) is 1. The van der Waals surface area contributed by atoms with Crippen molar-refractivity contribution in [1.29, 1.82) is 0 Å². The van der Waals surface area contributed by atoms with Gasteiger partial charge in [-0.2, -0.15) is 0 Å². The number of ketones is 1. The molecule has 1 atom stereocenters. The number of carbonyl (C=O) groups excluding carboxylic acids is 1. The Hall–Kier alpha value is -3.47. The van der Waals surface area contributed by atoms with Crippen LogP contribution in [-0.4, -0.2) is 21.4 Å². The molecule has 162 valence electrons. The van der Waals surface area contributed by atoms with Crippen molar-refractivity contribution >= 4 is 33.4 Å². The molecule has 1 aromatic heterocycles. The van der Waals surface area contributed by atoms with E-state index in [2.05, 4.69) is 0 Å². The minimum absolute atomic E-state index is 0.00770. The first-order valence-electron chi connectivity index (χ1n) is 11.0. The highest BCUT2D eigenvalue weighted by atomic mass is 19.1. The fourth-order valence-corrected chi connectivity index (χ4v) is 5.23. The molecule has 1 aliphatic heterocycles. The van der Waals surface area contributed by atoms with Crippen molar-refractivity contribution in [2.45, 2.75) is 45.1 Å². The third kappa shape index (κ3) is 3.11. The molecule has 0 fully saturated rings. The highest BCUT2D eigenvalue weighted by Crippen LogP contribution is 2.44. The van der Waals surface area contributed by atoms with Crippen molar-refractivity contribution in [2.24, 2.45) is 0 Å². The average molecular weight is 429 g/mol. The number of benzene rings is 3. The molecular weight excluding hydrogens is 405 g/mol. The Morgan fingerprint density at radius 3 is 2.62 bits per heavy atom. The van der Waals surface area contributed by atoms with E-state index in [0.717, 1.165) is 27.4 Å².